The molecule has 22 heavy (non-hydrogen) atoms. The van der Waals surface area contributed by atoms with Crippen molar-refractivity contribution in [3.05, 3.63) is 35.4 Å². The molecule has 120 valence electrons. The Hall–Kier alpha value is -2.21. The van der Waals surface area contributed by atoms with Crippen molar-refractivity contribution in [3.63, 3.8) is 0 Å². The molecule has 1 atom stereocenters. The second-order valence-corrected chi connectivity index (χ2v) is 5.05. The summed E-state index contributed by atoms with van der Waals surface area (Å²) in [6.45, 7) is 5.22. The quantitative estimate of drug-likeness (QED) is 0.786. The first kappa shape index (κ1) is 17.8. The Morgan fingerprint density at radius 3 is 2.27 bits per heavy atom. The first-order valence-electron chi connectivity index (χ1n) is 7.32. The Morgan fingerprint density at radius 1 is 1.23 bits per heavy atom. The van der Waals surface area contributed by atoms with Crippen molar-refractivity contribution >= 4 is 17.7 Å². The molecule has 1 unspecified atom stereocenters. The lowest BCUT2D eigenvalue weighted by Gasteiger charge is -2.20. The van der Waals surface area contributed by atoms with Crippen LogP contribution in [0.2, 0.25) is 0 Å². The van der Waals surface area contributed by atoms with Gasteiger partial charge in [0.25, 0.3) is 0 Å². The highest BCUT2D eigenvalue weighted by Gasteiger charge is 2.25. The van der Waals surface area contributed by atoms with Crippen LogP contribution in [-0.2, 0) is 20.8 Å². The number of imide groups is 1. The van der Waals surface area contributed by atoms with E-state index in [0.717, 1.165) is 16.9 Å². The molecule has 0 heterocycles. The van der Waals surface area contributed by atoms with Crippen LogP contribution >= 0.6 is 0 Å². The molecule has 0 saturated heterocycles. The van der Waals surface area contributed by atoms with Gasteiger partial charge in [0.15, 0.2) is 0 Å². The lowest BCUT2D eigenvalue weighted by Crippen LogP contribution is -2.47. The van der Waals surface area contributed by atoms with Gasteiger partial charge in [0.2, 0.25) is 5.91 Å². The average molecular weight is 305 g/mol. The molecule has 0 bridgehead atoms. The monoisotopic (exact) mass is 305 g/mol. The topological polar surface area (TPSA) is 92.5 Å². The van der Waals surface area contributed by atoms with Crippen molar-refractivity contribution in [1.29, 1.82) is 0 Å². The molecule has 1 aromatic carbocycles. The highest BCUT2D eigenvalue weighted by Crippen LogP contribution is 2.13. The zero-order valence-corrected chi connectivity index (χ0v) is 13.3. The SMILES string of the molecule is CCc1ccc(C(C)NC(=O)C(=O)N(CCN)C(C)=O)cc1. The Kier molecular flexibility index (Phi) is 6.72. The zero-order chi connectivity index (χ0) is 16.7. The zero-order valence-electron chi connectivity index (χ0n) is 13.3. The minimum absolute atomic E-state index is 0.0289. The first-order chi connectivity index (χ1) is 10.4. The molecule has 3 amide bonds. The van der Waals surface area contributed by atoms with Crippen LogP contribution < -0.4 is 11.1 Å². The largest absolute Gasteiger partial charge is 0.341 e. The van der Waals surface area contributed by atoms with Crippen molar-refractivity contribution in [3.8, 4) is 0 Å². The third kappa shape index (κ3) is 4.66. The highest BCUT2D eigenvalue weighted by molar-refractivity contribution is 6.37. The summed E-state index contributed by atoms with van der Waals surface area (Å²) < 4.78 is 0. The third-order valence-electron chi connectivity index (χ3n) is 3.41. The lowest BCUT2D eigenvalue weighted by molar-refractivity contribution is -0.152. The fraction of sp³-hybridized carbons (Fsp3) is 0.438. The van der Waals surface area contributed by atoms with Gasteiger partial charge >= 0.3 is 11.8 Å². The maximum absolute atomic E-state index is 12.0. The molecule has 0 spiro atoms. The molecule has 0 radical (unpaired) electrons. The third-order valence-corrected chi connectivity index (χ3v) is 3.41. The van der Waals surface area contributed by atoms with Gasteiger partial charge in [0.1, 0.15) is 0 Å². The predicted molar refractivity (Wildman–Crippen MR) is 83.8 cm³/mol. The molecular weight excluding hydrogens is 282 g/mol. The second kappa shape index (κ2) is 8.29. The Bertz CT molecular complexity index is 540. The number of nitrogens with two attached hydrogens (primary N) is 1. The molecule has 1 rings (SSSR count). The molecule has 6 nitrogen and oxygen atoms in total. The smallest absolute Gasteiger partial charge is 0.318 e. The molecule has 0 aliphatic heterocycles. The fourth-order valence-corrected chi connectivity index (χ4v) is 2.04. The number of hydrogen-bond acceptors (Lipinski definition) is 4. The van der Waals surface area contributed by atoms with Crippen molar-refractivity contribution < 1.29 is 14.4 Å². The summed E-state index contributed by atoms with van der Waals surface area (Å²) in [4.78, 5) is 36.2. The fourth-order valence-electron chi connectivity index (χ4n) is 2.04. The van der Waals surface area contributed by atoms with Crippen LogP contribution in [0.15, 0.2) is 24.3 Å². The first-order valence-corrected chi connectivity index (χ1v) is 7.32. The van der Waals surface area contributed by atoms with Gasteiger partial charge in [-0.1, -0.05) is 31.2 Å². The Morgan fingerprint density at radius 2 is 1.82 bits per heavy atom. The summed E-state index contributed by atoms with van der Waals surface area (Å²) in [6, 6.07) is 7.47. The molecule has 0 aromatic heterocycles. The van der Waals surface area contributed by atoms with E-state index >= 15 is 0 Å². The van der Waals surface area contributed by atoms with Crippen molar-refractivity contribution in [1.82, 2.24) is 10.2 Å². The highest BCUT2D eigenvalue weighted by atomic mass is 16.2. The van der Waals surface area contributed by atoms with Gasteiger partial charge in [0.05, 0.1) is 6.04 Å². The second-order valence-electron chi connectivity index (χ2n) is 5.05. The van der Waals surface area contributed by atoms with E-state index in [9.17, 15) is 14.4 Å². The van der Waals surface area contributed by atoms with E-state index < -0.39 is 17.7 Å². The molecule has 6 heteroatoms. The van der Waals surface area contributed by atoms with Gasteiger partial charge in [-0.2, -0.15) is 0 Å². The number of hydrogen-bond donors (Lipinski definition) is 2. The van der Waals surface area contributed by atoms with Crippen LogP contribution in [0, 0.1) is 0 Å². The van der Waals surface area contributed by atoms with E-state index in [4.69, 9.17) is 5.73 Å². The Labute approximate surface area is 130 Å². The van der Waals surface area contributed by atoms with Gasteiger partial charge in [-0.3, -0.25) is 19.3 Å². The molecule has 0 aliphatic carbocycles. The van der Waals surface area contributed by atoms with E-state index in [1.807, 2.05) is 24.3 Å². The van der Waals surface area contributed by atoms with Crippen molar-refractivity contribution in [2.24, 2.45) is 5.73 Å². The summed E-state index contributed by atoms with van der Waals surface area (Å²) in [5.74, 6) is -2.18. The number of nitrogens with one attached hydrogen (secondary N) is 1. The van der Waals surface area contributed by atoms with Crippen LogP contribution in [-0.4, -0.2) is 35.7 Å². The number of rotatable bonds is 5. The lowest BCUT2D eigenvalue weighted by atomic mass is 10.0. The van der Waals surface area contributed by atoms with Crippen LogP contribution in [0.25, 0.3) is 0 Å². The number of carbonyl (C=O) groups excluding carboxylic acids is 3. The predicted octanol–water partition coefficient (Wildman–Crippen LogP) is 0.760. The van der Waals surface area contributed by atoms with Crippen LogP contribution in [0.5, 0.6) is 0 Å². The van der Waals surface area contributed by atoms with E-state index in [2.05, 4.69) is 12.2 Å². The number of benzene rings is 1. The van der Waals surface area contributed by atoms with Gasteiger partial charge < -0.3 is 11.1 Å². The van der Waals surface area contributed by atoms with Crippen LogP contribution in [0.1, 0.15) is 37.9 Å². The number of nitrogens with zero attached hydrogens (tertiary/aromatic N) is 1. The van der Waals surface area contributed by atoms with Gasteiger partial charge in [-0.05, 0) is 24.5 Å². The molecule has 0 fully saturated rings. The van der Waals surface area contributed by atoms with Gasteiger partial charge in [-0.25, -0.2) is 0 Å². The molecule has 1 aromatic rings. The number of amides is 3. The summed E-state index contributed by atoms with van der Waals surface area (Å²) >= 11 is 0. The van der Waals surface area contributed by atoms with E-state index in [1.54, 1.807) is 6.92 Å². The Balaban J connectivity index is 2.73. The maximum atomic E-state index is 12.0. The summed E-state index contributed by atoms with van der Waals surface area (Å²) in [5.41, 5.74) is 7.44. The van der Waals surface area contributed by atoms with Crippen LogP contribution in [0.3, 0.4) is 0 Å². The van der Waals surface area contributed by atoms with Crippen LogP contribution in [0.4, 0.5) is 0 Å². The normalized spacial score (nSPS) is 11.6. The summed E-state index contributed by atoms with van der Waals surface area (Å²) in [5, 5.41) is 2.60. The molecule has 0 aliphatic rings. The number of aryl methyl sites for hydroxylation is 1. The summed E-state index contributed by atoms with van der Waals surface area (Å²) in [6.07, 6.45) is 0.937. The van der Waals surface area contributed by atoms with E-state index in [-0.39, 0.29) is 19.1 Å². The maximum Gasteiger partial charge on any atom is 0.318 e. The minimum Gasteiger partial charge on any atom is -0.341 e. The molecular formula is C16H23N3O3. The van der Waals surface area contributed by atoms with Gasteiger partial charge in [-0.15, -0.1) is 0 Å². The minimum atomic E-state index is -0.880. The average Bonchev–Trinajstić information content (AvgIpc) is 2.51. The van der Waals surface area contributed by atoms with Crippen molar-refractivity contribution in [2.45, 2.75) is 33.2 Å². The standard InChI is InChI=1S/C16H23N3O3/c1-4-13-5-7-14(8-6-13)11(2)18-15(21)16(22)19(10-9-17)12(3)20/h5-8,11H,4,9-10,17H2,1-3H3,(H,18,21). The van der Waals surface area contributed by atoms with E-state index in [0.29, 0.717) is 0 Å². The van der Waals surface area contributed by atoms with E-state index in [1.165, 1.54) is 12.5 Å². The molecule has 3 N–H and O–H groups in total. The van der Waals surface area contributed by atoms with Crippen molar-refractivity contribution in [2.75, 3.05) is 13.1 Å². The van der Waals surface area contributed by atoms with Gasteiger partial charge in [0, 0.05) is 20.0 Å². The number of carbonyl (C=O) groups is 3. The molecule has 0 saturated carbocycles. The summed E-state index contributed by atoms with van der Waals surface area (Å²) in [7, 11) is 0.